The predicted molar refractivity (Wildman–Crippen MR) is 114 cm³/mol. The molecule has 1 aromatic carbocycles. The SMILES string of the molecule is CC1(C)C(=O)N(c2ccc(S(=O)(=O)C(F)(F)F)cc2)C(=O)N1Cc1ccnc(-n2cccn2)c1. The average Bonchev–Trinajstić information content (AvgIpc) is 3.36. The normalized spacial score (nSPS) is 16.4. The molecule has 0 N–H and O–H groups in total. The topological polar surface area (TPSA) is 105 Å². The number of urea groups is 1. The number of aromatic nitrogens is 3. The first-order valence-electron chi connectivity index (χ1n) is 9.86. The Morgan fingerprint density at radius 2 is 1.71 bits per heavy atom. The Morgan fingerprint density at radius 3 is 2.29 bits per heavy atom. The maximum Gasteiger partial charge on any atom is 0.501 e. The van der Waals surface area contributed by atoms with Crippen LogP contribution in [0, 0.1) is 0 Å². The lowest BCUT2D eigenvalue weighted by Crippen LogP contribution is -2.43. The quantitative estimate of drug-likeness (QED) is 0.505. The van der Waals surface area contributed by atoms with Gasteiger partial charge in [-0.3, -0.25) is 4.79 Å². The van der Waals surface area contributed by atoms with Crippen molar-refractivity contribution in [2.75, 3.05) is 4.90 Å². The number of sulfone groups is 1. The summed E-state index contributed by atoms with van der Waals surface area (Å²) < 4.78 is 63.1. The summed E-state index contributed by atoms with van der Waals surface area (Å²) in [7, 11) is -5.55. The lowest BCUT2D eigenvalue weighted by atomic mass is 10.0. The zero-order valence-electron chi connectivity index (χ0n) is 17.9. The number of hydrogen-bond donors (Lipinski definition) is 0. The third-order valence-corrected chi connectivity index (χ3v) is 6.93. The molecule has 2 aromatic heterocycles. The number of hydrogen-bond acceptors (Lipinski definition) is 6. The highest BCUT2D eigenvalue weighted by molar-refractivity contribution is 7.92. The zero-order valence-corrected chi connectivity index (χ0v) is 18.7. The molecule has 0 bridgehead atoms. The van der Waals surface area contributed by atoms with Crippen molar-refractivity contribution in [3.8, 4) is 5.82 Å². The molecular weight excluding hydrogens is 475 g/mol. The van der Waals surface area contributed by atoms with Crippen molar-refractivity contribution < 1.29 is 31.2 Å². The van der Waals surface area contributed by atoms with E-state index in [1.165, 1.54) is 9.58 Å². The number of pyridine rings is 1. The maximum atomic E-state index is 13.2. The van der Waals surface area contributed by atoms with E-state index in [-0.39, 0.29) is 12.2 Å². The molecule has 1 aliphatic heterocycles. The molecule has 13 heteroatoms. The lowest BCUT2D eigenvalue weighted by molar-refractivity contribution is -0.123. The van der Waals surface area contributed by atoms with Gasteiger partial charge in [-0.25, -0.2) is 27.8 Å². The molecule has 0 radical (unpaired) electrons. The summed E-state index contributed by atoms with van der Waals surface area (Å²) in [6, 6.07) is 7.84. The monoisotopic (exact) mass is 493 g/mol. The second kappa shape index (κ2) is 7.94. The van der Waals surface area contributed by atoms with E-state index >= 15 is 0 Å². The van der Waals surface area contributed by atoms with Crippen LogP contribution in [0.4, 0.5) is 23.7 Å². The maximum absolute atomic E-state index is 13.2. The van der Waals surface area contributed by atoms with Gasteiger partial charge in [0.2, 0.25) is 0 Å². The molecule has 178 valence electrons. The summed E-state index contributed by atoms with van der Waals surface area (Å²) in [5.41, 5.74) is -6.11. The number of nitrogens with zero attached hydrogens (tertiary/aromatic N) is 5. The van der Waals surface area contributed by atoms with Crippen LogP contribution in [0.15, 0.2) is 66.0 Å². The number of anilines is 1. The minimum atomic E-state index is -5.55. The number of benzene rings is 1. The number of halogens is 3. The van der Waals surface area contributed by atoms with Crippen LogP contribution in [0.2, 0.25) is 0 Å². The second-order valence-corrected chi connectivity index (χ2v) is 9.93. The van der Waals surface area contributed by atoms with Gasteiger partial charge in [0.25, 0.3) is 15.7 Å². The van der Waals surface area contributed by atoms with Crippen LogP contribution in [0.1, 0.15) is 19.4 Å². The molecule has 0 saturated carbocycles. The molecular formula is C21H18F3N5O4S. The Balaban J connectivity index is 1.62. The Kier molecular flexibility index (Phi) is 5.47. The Labute approximate surface area is 192 Å². The van der Waals surface area contributed by atoms with Gasteiger partial charge in [-0.15, -0.1) is 0 Å². The van der Waals surface area contributed by atoms with Gasteiger partial charge in [0.05, 0.1) is 10.6 Å². The third-order valence-electron chi connectivity index (χ3n) is 5.42. The fourth-order valence-corrected chi connectivity index (χ4v) is 4.27. The van der Waals surface area contributed by atoms with E-state index in [0.717, 1.165) is 17.0 Å². The Hall–Kier alpha value is -3.74. The molecule has 0 atom stereocenters. The van der Waals surface area contributed by atoms with E-state index < -0.39 is 37.7 Å². The van der Waals surface area contributed by atoms with Crippen LogP contribution in [0.5, 0.6) is 0 Å². The molecule has 1 fully saturated rings. The first kappa shape index (κ1) is 23.4. The van der Waals surface area contributed by atoms with E-state index in [4.69, 9.17) is 0 Å². The molecule has 0 unspecified atom stereocenters. The summed E-state index contributed by atoms with van der Waals surface area (Å²) in [6.45, 7) is 3.14. The first-order chi connectivity index (χ1) is 15.8. The van der Waals surface area contributed by atoms with Gasteiger partial charge < -0.3 is 4.90 Å². The molecule has 34 heavy (non-hydrogen) atoms. The van der Waals surface area contributed by atoms with Gasteiger partial charge in [0, 0.05) is 25.1 Å². The Morgan fingerprint density at radius 1 is 1.03 bits per heavy atom. The van der Waals surface area contributed by atoms with Gasteiger partial charge in [0.1, 0.15) is 5.54 Å². The smallest absolute Gasteiger partial charge is 0.305 e. The van der Waals surface area contributed by atoms with Crippen molar-refractivity contribution in [2.45, 2.75) is 36.3 Å². The number of amides is 3. The summed E-state index contributed by atoms with van der Waals surface area (Å²) >= 11 is 0. The van der Waals surface area contributed by atoms with E-state index in [9.17, 15) is 31.2 Å². The van der Waals surface area contributed by atoms with E-state index in [2.05, 4.69) is 10.1 Å². The summed E-state index contributed by atoms with van der Waals surface area (Å²) in [5, 5.41) is 4.10. The van der Waals surface area contributed by atoms with Crippen molar-refractivity contribution in [3.63, 3.8) is 0 Å². The number of alkyl halides is 3. The molecule has 9 nitrogen and oxygen atoms in total. The minimum absolute atomic E-state index is 0.0429. The standard InChI is InChI=1S/C21H18F3N5O4S/c1-20(2)18(30)29(15-4-6-16(7-5-15)34(32,33)21(22,23)24)19(31)27(20)13-14-8-10-25-17(12-14)28-11-3-9-26-28/h3-12H,13H2,1-2H3. The van der Waals surface area contributed by atoms with E-state index in [1.54, 1.807) is 50.6 Å². The molecule has 4 rings (SSSR count). The number of rotatable bonds is 5. The summed E-state index contributed by atoms with van der Waals surface area (Å²) in [6.07, 6.45) is 4.83. The minimum Gasteiger partial charge on any atom is -0.305 e. The zero-order chi connectivity index (χ0) is 24.9. The molecule has 3 heterocycles. The predicted octanol–water partition coefficient (Wildman–Crippen LogP) is 3.31. The van der Waals surface area contributed by atoms with Gasteiger partial charge in [-0.05, 0) is 61.9 Å². The largest absolute Gasteiger partial charge is 0.501 e. The van der Waals surface area contributed by atoms with Gasteiger partial charge in [0.15, 0.2) is 5.82 Å². The van der Waals surface area contributed by atoms with Crippen molar-refractivity contribution in [1.29, 1.82) is 0 Å². The number of carbonyl (C=O) groups excluding carboxylic acids is 2. The van der Waals surface area contributed by atoms with Crippen LogP contribution in [0.3, 0.4) is 0 Å². The lowest BCUT2D eigenvalue weighted by Gasteiger charge is -2.27. The molecule has 3 amide bonds. The van der Waals surface area contributed by atoms with Crippen LogP contribution in [-0.2, 0) is 21.2 Å². The Bertz CT molecular complexity index is 1350. The number of imide groups is 1. The van der Waals surface area contributed by atoms with Crippen molar-refractivity contribution in [1.82, 2.24) is 19.7 Å². The van der Waals surface area contributed by atoms with E-state index in [1.807, 2.05) is 0 Å². The van der Waals surface area contributed by atoms with E-state index in [0.29, 0.717) is 23.5 Å². The van der Waals surface area contributed by atoms with Crippen LogP contribution in [0.25, 0.3) is 5.82 Å². The summed E-state index contributed by atoms with van der Waals surface area (Å²) in [5.74, 6) is -0.0955. The highest BCUT2D eigenvalue weighted by Crippen LogP contribution is 2.35. The fourth-order valence-electron chi connectivity index (χ4n) is 3.51. The molecule has 3 aromatic rings. The molecule has 0 spiro atoms. The third kappa shape index (κ3) is 3.81. The number of carbonyl (C=O) groups is 2. The second-order valence-electron chi connectivity index (χ2n) is 7.98. The molecule has 1 saturated heterocycles. The van der Waals surface area contributed by atoms with Gasteiger partial charge in [-0.2, -0.15) is 18.3 Å². The fraction of sp³-hybridized carbons (Fsp3) is 0.238. The van der Waals surface area contributed by atoms with Crippen LogP contribution < -0.4 is 4.90 Å². The summed E-state index contributed by atoms with van der Waals surface area (Å²) in [4.78, 5) is 31.6. The van der Waals surface area contributed by atoms with Crippen molar-refractivity contribution in [3.05, 3.63) is 66.6 Å². The highest BCUT2D eigenvalue weighted by atomic mass is 32.2. The van der Waals surface area contributed by atoms with Gasteiger partial charge >= 0.3 is 11.5 Å². The van der Waals surface area contributed by atoms with Gasteiger partial charge in [-0.1, -0.05) is 0 Å². The highest BCUT2D eigenvalue weighted by Gasteiger charge is 2.52. The first-order valence-corrected chi connectivity index (χ1v) is 11.3. The van der Waals surface area contributed by atoms with Crippen molar-refractivity contribution >= 4 is 27.5 Å². The van der Waals surface area contributed by atoms with Crippen LogP contribution in [-0.4, -0.2) is 51.1 Å². The average molecular weight is 493 g/mol. The molecule has 0 aliphatic carbocycles. The van der Waals surface area contributed by atoms with Crippen LogP contribution >= 0.6 is 0 Å². The molecule has 1 aliphatic rings. The van der Waals surface area contributed by atoms with Crippen molar-refractivity contribution in [2.24, 2.45) is 0 Å².